The van der Waals surface area contributed by atoms with Crippen LogP contribution in [0.2, 0.25) is 0 Å². The van der Waals surface area contributed by atoms with Crippen LogP contribution in [0.4, 0.5) is 14.5 Å². The summed E-state index contributed by atoms with van der Waals surface area (Å²) in [5, 5.41) is 0. The Morgan fingerprint density at radius 3 is 2.12 bits per heavy atom. The number of nitrogens with one attached hydrogen (secondary N) is 1. The fraction of sp³-hybridized carbons (Fsp3) is 0.240. The van der Waals surface area contributed by atoms with Crippen molar-refractivity contribution in [1.82, 2.24) is 9.62 Å². The van der Waals surface area contributed by atoms with Gasteiger partial charge in [0.2, 0.25) is 15.9 Å². The highest BCUT2D eigenvalue weighted by molar-refractivity contribution is 7.89. The van der Waals surface area contributed by atoms with Crippen LogP contribution in [-0.4, -0.2) is 51.4 Å². The van der Waals surface area contributed by atoms with Crippen LogP contribution < -0.4 is 9.62 Å². The Morgan fingerprint density at radius 1 is 0.853 bits per heavy atom. The molecule has 1 fully saturated rings. The van der Waals surface area contributed by atoms with Crippen molar-refractivity contribution in [3.05, 3.63) is 96.1 Å². The third-order valence-electron chi connectivity index (χ3n) is 5.79. The van der Waals surface area contributed by atoms with Crippen LogP contribution in [0.1, 0.15) is 5.56 Å². The van der Waals surface area contributed by atoms with Gasteiger partial charge in [-0.3, -0.25) is 4.79 Å². The molecule has 1 aliphatic rings. The molecule has 6 nitrogen and oxygen atoms in total. The molecule has 0 bridgehead atoms. The first-order valence-corrected chi connectivity index (χ1v) is 12.4. The van der Waals surface area contributed by atoms with E-state index in [2.05, 4.69) is 4.72 Å². The smallest absolute Gasteiger partial charge is 0.241 e. The number of amides is 1. The van der Waals surface area contributed by atoms with Gasteiger partial charge >= 0.3 is 0 Å². The number of piperazine rings is 1. The molecule has 34 heavy (non-hydrogen) atoms. The summed E-state index contributed by atoms with van der Waals surface area (Å²) in [6, 6.07) is 19.0. The van der Waals surface area contributed by atoms with Crippen LogP contribution in [0.15, 0.2) is 83.8 Å². The van der Waals surface area contributed by atoms with Crippen molar-refractivity contribution in [1.29, 1.82) is 0 Å². The molecule has 1 heterocycles. The number of hydrogen-bond donors (Lipinski definition) is 1. The average Bonchev–Trinajstić information content (AvgIpc) is 2.84. The van der Waals surface area contributed by atoms with Crippen molar-refractivity contribution < 1.29 is 22.0 Å². The van der Waals surface area contributed by atoms with E-state index in [9.17, 15) is 22.0 Å². The van der Waals surface area contributed by atoms with Gasteiger partial charge in [-0.1, -0.05) is 42.5 Å². The van der Waals surface area contributed by atoms with E-state index in [0.717, 1.165) is 29.8 Å². The second-order valence-corrected chi connectivity index (χ2v) is 9.80. The standard InChI is InChI=1S/C25H25F2N3O3S/c26-20-10-12-21(13-11-20)34(32,33)28-23(18-19-6-2-1-3-7-19)25(31)30-16-14-29(15-17-30)24-9-5-4-8-22(24)27/h1-13,23,28H,14-18H2/t23-/m1/s1. The predicted octanol–water partition coefficient (Wildman–Crippen LogP) is 3.20. The summed E-state index contributed by atoms with van der Waals surface area (Å²) in [4.78, 5) is 16.8. The van der Waals surface area contributed by atoms with E-state index in [1.807, 2.05) is 35.2 Å². The Kier molecular flexibility index (Phi) is 7.23. The second kappa shape index (κ2) is 10.3. The highest BCUT2D eigenvalue weighted by Gasteiger charge is 2.31. The molecule has 0 radical (unpaired) electrons. The number of sulfonamides is 1. The fourth-order valence-corrected chi connectivity index (χ4v) is 5.18. The minimum absolute atomic E-state index is 0.121. The Morgan fingerprint density at radius 2 is 1.47 bits per heavy atom. The van der Waals surface area contributed by atoms with E-state index in [1.54, 1.807) is 23.1 Å². The van der Waals surface area contributed by atoms with E-state index in [1.165, 1.54) is 6.07 Å². The Balaban J connectivity index is 1.51. The molecule has 1 amide bonds. The van der Waals surface area contributed by atoms with Gasteiger partial charge in [0, 0.05) is 26.2 Å². The zero-order valence-electron chi connectivity index (χ0n) is 18.4. The monoisotopic (exact) mass is 485 g/mol. The molecular weight excluding hydrogens is 460 g/mol. The van der Waals surface area contributed by atoms with Gasteiger partial charge in [-0.05, 0) is 48.4 Å². The molecule has 1 N–H and O–H groups in total. The van der Waals surface area contributed by atoms with Gasteiger partial charge in [-0.25, -0.2) is 17.2 Å². The number of para-hydroxylation sites is 1. The van der Waals surface area contributed by atoms with Crippen molar-refractivity contribution in [3.8, 4) is 0 Å². The number of nitrogens with zero attached hydrogens (tertiary/aromatic N) is 2. The SMILES string of the molecule is O=C([C@@H](Cc1ccccc1)NS(=O)(=O)c1ccc(F)cc1)N1CCN(c2ccccc2F)CC1. The molecule has 0 unspecified atom stereocenters. The molecule has 0 saturated carbocycles. The molecule has 9 heteroatoms. The second-order valence-electron chi connectivity index (χ2n) is 8.08. The maximum absolute atomic E-state index is 14.1. The average molecular weight is 486 g/mol. The summed E-state index contributed by atoms with van der Waals surface area (Å²) in [6.07, 6.45) is 0.160. The highest BCUT2D eigenvalue weighted by atomic mass is 32.2. The lowest BCUT2D eigenvalue weighted by atomic mass is 10.1. The Hall–Kier alpha value is -3.30. The van der Waals surface area contributed by atoms with Gasteiger partial charge in [-0.2, -0.15) is 4.72 Å². The molecule has 1 saturated heterocycles. The molecule has 3 aromatic carbocycles. The summed E-state index contributed by atoms with van der Waals surface area (Å²) >= 11 is 0. The van der Waals surface area contributed by atoms with Crippen LogP contribution in [0, 0.1) is 11.6 Å². The van der Waals surface area contributed by atoms with Gasteiger partial charge in [-0.15, -0.1) is 0 Å². The van der Waals surface area contributed by atoms with Crippen LogP contribution in [-0.2, 0) is 21.2 Å². The number of halogens is 2. The first-order valence-electron chi connectivity index (χ1n) is 10.9. The van der Waals surface area contributed by atoms with Crippen molar-refractivity contribution in [3.63, 3.8) is 0 Å². The number of carbonyl (C=O) groups is 1. The van der Waals surface area contributed by atoms with Gasteiger partial charge in [0.1, 0.15) is 17.7 Å². The lowest BCUT2D eigenvalue weighted by Crippen LogP contribution is -2.55. The minimum Gasteiger partial charge on any atom is -0.366 e. The molecule has 4 rings (SSSR count). The van der Waals surface area contributed by atoms with E-state index in [4.69, 9.17) is 0 Å². The summed E-state index contributed by atoms with van der Waals surface area (Å²) in [6.45, 7) is 1.51. The summed E-state index contributed by atoms with van der Waals surface area (Å²) < 4.78 is 55.8. The van der Waals surface area contributed by atoms with Gasteiger partial charge in [0.15, 0.2) is 0 Å². The minimum atomic E-state index is -4.06. The van der Waals surface area contributed by atoms with Crippen LogP contribution in [0.3, 0.4) is 0 Å². The molecule has 0 aromatic heterocycles. The lowest BCUT2D eigenvalue weighted by Gasteiger charge is -2.37. The van der Waals surface area contributed by atoms with Crippen molar-refractivity contribution in [2.75, 3.05) is 31.1 Å². The third-order valence-corrected chi connectivity index (χ3v) is 7.27. The zero-order valence-corrected chi connectivity index (χ0v) is 19.2. The van der Waals surface area contributed by atoms with Gasteiger partial charge < -0.3 is 9.80 Å². The number of benzene rings is 3. The Bertz CT molecular complexity index is 1230. The molecule has 1 aliphatic heterocycles. The van der Waals surface area contributed by atoms with E-state index in [0.29, 0.717) is 31.9 Å². The predicted molar refractivity (Wildman–Crippen MR) is 126 cm³/mol. The normalized spacial score (nSPS) is 15.2. The number of anilines is 1. The van der Waals surface area contributed by atoms with Crippen LogP contribution >= 0.6 is 0 Å². The Labute approximate surface area is 197 Å². The molecule has 178 valence electrons. The maximum atomic E-state index is 14.1. The maximum Gasteiger partial charge on any atom is 0.241 e. The van der Waals surface area contributed by atoms with E-state index >= 15 is 0 Å². The number of carbonyl (C=O) groups excluding carboxylic acids is 1. The number of hydrogen-bond acceptors (Lipinski definition) is 4. The van der Waals surface area contributed by atoms with Crippen molar-refractivity contribution >= 4 is 21.6 Å². The first kappa shape index (κ1) is 23.8. The van der Waals surface area contributed by atoms with Crippen LogP contribution in [0.5, 0.6) is 0 Å². The first-order chi connectivity index (χ1) is 16.3. The largest absolute Gasteiger partial charge is 0.366 e. The quantitative estimate of drug-likeness (QED) is 0.558. The molecule has 1 atom stereocenters. The molecule has 3 aromatic rings. The van der Waals surface area contributed by atoms with Gasteiger partial charge in [0.05, 0.1) is 10.6 Å². The zero-order chi connectivity index (χ0) is 24.1. The lowest BCUT2D eigenvalue weighted by molar-refractivity contribution is -0.133. The highest BCUT2D eigenvalue weighted by Crippen LogP contribution is 2.21. The third kappa shape index (κ3) is 5.60. The van der Waals surface area contributed by atoms with E-state index in [-0.39, 0.29) is 23.0 Å². The van der Waals surface area contributed by atoms with Crippen molar-refractivity contribution in [2.24, 2.45) is 0 Å². The fourth-order valence-electron chi connectivity index (χ4n) is 3.99. The molecule has 0 aliphatic carbocycles. The van der Waals surface area contributed by atoms with Crippen molar-refractivity contribution in [2.45, 2.75) is 17.4 Å². The van der Waals surface area contributed by atoms with E-state index < -0.39 is 21.9 Å². The van der Waals surface area contributed by atoms with Crippen LogP contribution in [0.25, 0.3) is 0 Å². The topological polar surface area (TPSA) is 69.7 Å². The molecule has 0 spiro atoms. The van der Waals surface area contributed by atoms with Gasteiger partial charge in [0.25, 0.3) is 0 Å². The summed E-state index contributed by atoms with van der Waals surface area (Å²) in [5.41, 5.74) is 1.28. The molecular formula is C25H25F2N3O3S. The summed E-state index contributed by atoms with van der Waals surface area (Å²) in [7, 11) is -4.06. The number of rotatable bonds is 7. The summed E-state index contributed by atoms with van der Waals surface area (Å²) in [5.74, 6) is -1.23.